The van der Waals surface area contributed by atoms with E-state index in [1.807, 2.05) is 19.2 Å². The summed E-state index contributed by atoms with van der Waals surface area (Å²) >= 11 is 1.40. The molecule has 0 radical (unpaired) electrons. The van der Waals surface area contributed by atoms with Crippen LogP contribution in [0.4, 0.5) is 21.7 Å². The molecule has 4 nitrogen and oxygen atoms in total. The lowest BCUT2D eigenvalue weighted by Crippen LogP contribution is -2.00. The van der Waals surface area contributed by atoms with Gasteiger partial charge in [-0.25, -0.2) is 14.4 Å². The van der Waals surface area contributed by atoms with Gasteiger partial charge in [0.1, 0.15) is 17.5 Å². The highest BCUT2D eigenvalue weighted by molar-refractivity contribution is 7.98. The molecule has 0 aliphatic rings. The second-order valence-corrected chi connectivity index (χ2v) is 4.58. The summed E-state index contributed by atoms with van der Waals surface area (Å²) in [6.07, 6.45) is 1.87. The molecule has 0 unspecified atom stereocenters. The van der Waals surface area contributed by atoms with Gasteiger partial charge in [-0.1, -0.05) is 11.8 Å². The Morgan fingerprint density at radius 2 is 2.00 bits per heavy atom. The zero-order valence-electron chi connectivity index (χ0n) is 10.1. The van der Waals surface area contributed by atoms with E-state index in [0.29, 0.717) is 22.5 Å². The Kier molecular flexibility index (Phi) is 3.66. The third-order valence-corrected chi connectivity index (χ3v) is 2.77. The Hall–Kier alpha value is -1.82. The van der Waals surface area contributed by atoms with Gasteiger partial charge in [0.25, 0.3) is 0 Å². The highest BCUT2D eigenvalue weighted by Gasteiger charge is 2.03. The fourth-order valence-corrected chi connectivity index (χ4v) is 1.94. The van der Waals surface area contributed by atoms with Gasteiger partial charge in [-0.15, -0.1) is 0 Å². The Labute approximate surface area is 109 Å². The van der Waals surface area contributed by atoms with Crippen LogP contribution in [0.1, 0.15) is 5.56 Å². The van der Waals surface area contributed by atoms with Crippen LogP contribution >= 0.6 is 11.8 Å². The highest BCUT2D eigenvalue weighted by atomic mass is 32.2. The average Bonchev–Trinajstić information content (AvgIpc) is 2.26. The summed E-state index contributed by atoms with van der Waals surface area (Å²) in [4.78, 5) is 8.29. The fraction of sp³-hybridized carbons (Fsp3) is 0.167. The number of halogens is 1. The Bertz CT molecular complexity index is 554. The Morgan fingerprint density at radius 1 is 1.22 bits per heavy atom. The van der Waals surface area contributed by atoms with Crippen molar-refractivity contribution in [3.63, 3.8) is 0 Å². The zero-order valence-corrected chi connectivity index (χ0v) is 10.9. The Balaban J connectivity index is 2.30. The van der Waals surface area contributed by atoms with Crippen LogP contribution in [0.25, 0.3) is 0 Å². The lowest BCUT2D eigenvalue weighted by molar-refractivity contribution is 0.627. The number of aromatic nitrogens is 2. The van der Waals surface area contributed by atoms with E-state index in [1.54, 1.807) is 6.07 Å². The molecule has 0 saturated heterocycles. The van der Waals surface area contributed by atoms with Crippen LogP contribution in [0.3, 0.4) is 0 Å². The molecule has 0 bridgehead atoms. The zero-order chi connectivity index (χ0) is 13.1. The number of aryl methyl sites for hydroxylation is 1. The van der Waals surface area contributed by atoms with Crippen molar-refractivity contribution in [2.24, 2.45) is 0 Å². The maximum atomic E-state index is 13.3. The number of thioether (sulfide) groups is 1. The molecule has 0 spiro atoms. The molecule has 0 amide bonds. The molecule has 0 fully saturated rings. The monoisotopic (exact) mass is 264 g/mol. The second-order valence-electron chi connectivity index (χ2n) is 3.81. The first-order chi connectivity index (χ1) is 8.56. The van der Waals surface area contributed by atoms with Crippen LogP contribution in [0.2, 0.25) is 0 Å². The van der Waals surface area contributed by atoms with E-state index in [9.17, 15) is 4.39 Å². The van der Waals surface area contributed by atoms with E-state index in [-0.39, 0.29) is 5.82 Å². The predicted molar refractivity (Wildman–Crippen MR) is 72.6 cm³/mol. The summed E-state index contributed by atoms with van der Waals surface area (Å²) in [6.45, 7) is 1.83. The maximum Gasteiger partial charge on any atom is 0.191 e. The SMILES string of the molecule is CSc1nc(N)cc(Nc2cc(C)cc(F)c2)n1. The molecule has 2 rings (SSSR count). The van der Waals surface area contributed by atoms with Crippen molar-refractivity contribution in [3.8, 4) is 0 Å². The van der Waals surface area contributed by atoms with E-state index >= 15 is 0 Å². The van der Waals surface area contributed by atoms with Crippen LogP contribution in [-0.4, -0.2) is 16.2 Å². The largest absolute Gasteiger partial charge is 0.383 e. The van der Waals surface area contributed by atoms with Gasteiger partial charge in [-0.2, -0.15) is 0 Å². The standard InChI is InChI=1S/C12H13FN4S/c1-7-3-8(13)5-9(4-7)15-11-6-10(14)16-12(17-11)18-2/h3-6H,1-2H3,(H3,14,15,16,17). The number of nitrogen functional groups attached to an aromatic ring is 1. The van der Waals surface area contributed by atoms with Gasteiger partial charge < -0.3 is 11.1 Å². The summed E-state index contributed by atoms with van der Waals surface area (Å²) in [5, 5.41) is 3.59. The molecule has 3 N–H and O–H groups in total. The van der Waals surface area contributed by atoms with Gasteiger partial charge in [-0.05, 0) is 36.9 Å². The maximum absolute atomic E-state index is 13.3. The highest BCUT2D eigenvalue weighted by Crippen LogP contribution is 2.21. The van der Waals surface area contributed by atoms with Gasteiger partial charge in [-0.3, -0.25) is 0 Å². The summed E-state index contributed by atoms with van der Waals surface area (Å²) in [7, 11) is 0. The minimum Gasteiger partial charge on any atom is -0.383 e. The van der Waals surface area contributed by atoms with Crippen molar-refractivity contribution in [3.05, 3.63) is 35.6 Å². The molecule has 0 saturated carbocycles. The molecular formula is C12H13FN4S. The normalized spacial score (nSPS) is 10.4. The van der Waals surface area contributed by atoms with Gasteiger partial charge in [0.15, 0.2) is 5.16 Å². The summed E-state index contributed by atoms with van der Waals surface area (Å²) < 4.78 is 13.3. The molecule has 0 aliphatic heterocycles. The van der Waals surface area contributed by atoms with Crippen molar-refractivity contribution >= 4 is 29.1 Å². The molecule has 0 aliphatic carbocycles. The van der Waals surface area contributed by atoms with Crippen LogP contribution in [0.5, 0.6) is 0 Å². The van der Waals surface area contributed by atoms with Crippen LogP contribution < -0.4 is 11.1 Å². The summed E-state index contributed by atoms with van der Waals surface area (Å²) in [6, 6.07) is 6.32. The molecule has 1 aromatic heterocycles. The quantitative estimate of drug-likeness (QED) is 0.659. The fourth-order valence-electron chi connectivity index (χ4n) is 1.55. The number of hydrogen-bond donors (Lipinski definition) is 2. The first-order valence-corrected chi connectivity index (χ1v) is 6.52. The summed E-state index contributed by atoms with van der Waals surface area (Å²) in [5.74, 6) is 0.645. The topological polar surface area (TPSA) is 63.8 Å². The number of hydrogen-bond acceptors (Lipinski definition) is 5. The molecule has 6 heteroatoms. The van der Waals surface area contributed by atoms with Gasteiger partial charge >= 0.3 is 0 Å². The lowest BCUT2D eigenvalue weighted by atomic mass is 10.2. The number of nitrogens with one attached hydrogen (secondary N) is 1. The molecular weight excluding hydrogens is 251 g/mol. The van der Waals surface area contributed by atoms with E-state index in [4.69, 9.17) is 5.73 Å². The molecule has 0 atom stereocenters. The second kappa shape index (κ2) is 5.22. The predicted octanol–water partition coefficient (Wildman–Crippen LogP) is 2.97. The van der Waals surface area contributed by atoms with E-state index in [2.05, 4.69) is 15.3 Å². The number of nitrogens with zero attached hydrogens (tertiary/aromatic N) is 2. The van der Waals surface area contributed by atoms with E-state index < -0.39 is 0 Å². The smallest absolute Gasteiger partial charge is 0.191 e. The molecule has 2 aromatic rings. The number of rotatable bonds is 3. The van der Waals surface area contributed by atoms with Gasteiger partial charge in [0.05, 0.1) is 0 Å². The van der Waals surface area contributed by atoms with Gasteiger partial charge in [0, 0.05) is 11.8 Å². The minimum absolute atomic E-state index is 0.287. The number of benzene rings is 1. The van der Waals surface area contributed by atoms with Gasteiger partial charge in [0.2, 0.25) is 0 Å². The molecule has 94 valence electrons. The molecule has 1 aromatic carbocycles. The van der Waals surface area contributed by atoms with Crippen molar-refractivity contribution in [2.45, 2.75) is 12.1 Å². The first-order valence-electron chi connectivity index (χ1n) is 5.29. The average molecular weight is 264 g/mol. The number of anilines is 3. The van der Waals surface area contributed by atoms with Crippen molar-refractivity contribution in [1.29, 1.82) is 0 Å². The lowest BCUT2D eigenvalue weighted by Gasteiger charge is -2.08. The third kappa shape index (κ3) is 3.10. The Morgan fingerprint density at radius 3 is 2.67 bits per heavy atom. The van der Waals surface area contributed by atoms with Crippen molar-refractivity contribution in [1.82, 2.24) is 9.97 Å². The van der Waals surface area contributed by atoms with Crippen molar-refractivity contribution < 1.29 is 4.39 Å². The van der Waals surface area contributed by atoms with Crippen LogP contribution in [0.15, 0.2) is 29.4 Å². The number of nitrogens with two attached hydrogens (primary N) is 1. The van der Waals surface area contributed by atoms with Crippen LogP contribution in [-0.2, 0) is 0 Å². The van der Waals surface area contributed by atoms with E-state index in [1.165, 1.54) is 23.9 Å². The molecule has 1 heterocycles. The molecule has 18 heavy (non-hydrogen) atoms. The third-order valence-electron chi connectivity index (χ3n) is 2.22. The van der Waals surface area contributed by atoms with E-state index in [0.717, 1.165) is 5.56 Å². The van der Waals surface area contributed by atoms with Crippen LogP contribution in [0, 0.1) is 12.7 Å². The summed E-state index contributed by atoms with van der Waals surface area (Å²) in [5.41, 5.74) is 7.14. The first kappa shape index (κ1) is 12.6. The van der Waals surface area contributed by atoms with Crippen molar-refractivity contribution in [2.75, 3.05) is 17.3 Å². The minimum atomic E-state index is -0.287.